The van der Waals surface area contributed by atoms with Crippen molar-refractivity contribution >= 4 is 23.4 Å². The number of nitrogens with one attached hydrogen (secondary N) is 1. The minimum Gasteiger partial charge on any atom is -0.389 e. The Hall–Kier alpha value is -2.52. The highest BCUT2D eigenvalue weighted by Gasteiger charge is 2.40. The zero-order valence-corrected chi connectivity index (χ0v) is 19.4. The van der Waals surface area contributed by atoms with Crippen LogP contribution in [-0.2, 0) is 20.8 Å². The maximum absolute atomic E-state index is 14.3. The van der Waals surface area contributed by atoms with Crippen LogP contribution in [0.2, 0.25) is 5.02 Å². The molecule has 9 heteroatoms. The molecule has 2 aromatic carbocycles. The Kier molecular flexibility index (Phi) is 8.15. The molecular formula is C25H28ClFN2O5. The normalized spacial score (nSPS) is 25.1. The van der Waals surface area contributed by atoms with E-state index in [9.17, 15) is 19.1 Å². The standard InChI is InChI=1S/C25H28ClFN2O5/c26-17-7-5-16(6-8-17)12-28-24(31)11-19-9-10-22-23(34-19)15-33-14-18(30)13-29(22)25(32)20-3-1-2-4-21(20)27/h1-8,18-19,22-23,30H,9-15H2,(H,28,31)/t18-,19-,22+,23-/m0/s1. The van der Waals surface area contributed by atoms with Crippen molar-refractivity contribution in [1.82, 2.24) is 10.2 Å². The summed E-state index contributed by atoms with van der Waals surface area (Å²) in [7, 11) is 0. The second-order valence-electron chi connectivity index (χ2n) is 8.68. The van der Waals surface area contributed by atoms with Crippen molar-refractivity contribution in [1.29, 1.82) is 0 Å². The molecule has 2 heterocycles. The molecule has 182 valence electrons. The Labute approximate surface area is 202 Å². The molecule has 0 bridgehead atoms. The van der Waals surface area contributed by atoms with Crippen molar-refractivity contribution in [2.75, 3.05) is 19.8 Å². The van der Waals surface area contributed by atoms with Crippen LogP contribution in [0, 0.1) is 5.82 Å². The van der Waals surface area contributed by atoms with E-state index in [1.165, 1.54) is 23.1 Å². The zero-order valence-electron chi connectivity index (χ0n) is 18.7. The average molecular weight is 491 g/mol. The fraction of sp³-hybridized carbons (Fsp3) is 0.440. The third-order valence-electron chi connectivity index (χ3n) is 6.16. The van der Waals surface area contributed by atoms with E-state index in [1.807, 2.05) is 12.1 Å². The van der Waals surface area contributed by atoms with E-state index >= 15 is 0 Å². The zero-order chi connectivity index (χ0) is 24.1. The number of benzene rings is 2. The first kappa shape index (κ1) is 24.6. The van der Waals surface area contributed by atoms with Gasteiger partial charge in [-0.25, -0.2) is 4.39 Å². The van der Waals surface area contributed by atoms with Gasteiger partial charge in [0, 0.05) is 18.1 Å². The number of hydrogen-bond donors (Lipinski definition) is 2. The highest BCUT2D eigenvalue weighted by molar-refractivity contribution is 6.30. The van der Waals surface area contributed by atoms with Crippen LogP contribution in [0.25, 0.3) is 0 Å². The van der Waals surface area contributed by atoms with Crippen LogP contribution >= 0.6 is 11.6 Å². The third-order valence-corrected chi connectivity index (χ3v) is 6.41. The molecule has 7 nitrogen and oxygen atoms in total. The van der Waals surface area contributed by atoms with Crippen molar-refractivity contribution < 1.29 is 28.6 Å². The molecule has 2 amide bonds. The molecule has 0 aromatic heterocycles. The molecule has 34 heavy (non-hydrogen) atoms. The van der Waals surface area contributed by atoms with Crippen LogP contribution in [0.5, 0.6) is 0 Å². The van der Waals surface area contributed by atoms with Gasteiger partial charge in [-0.1, -0.05) is 35.9 Å². The number of fused-ring (bicyclic) bond motifs is 1. The summed E-state index contributed by atoms with van der Waals surface area (Å²) in [5.74, 6) is -1.24. The van der Waals surface area contributed by atoms with Gasteiger partial charge < -0.3 is 24.8 Å². The topological polar surface area (TPSA) is 88.1 Å². The summed E-state index contributed by atoms with van der Waals surface area (Å²) >= 11 is 5.89. The number of aliphatic hydroxyl groups is 1. The molecular weight excluding hydrogens is 463 g/mol. The number of carbonyl (C=O) groups excluding carboxylic acids is 2. The first-order valence-corrected chi connectivity index (χ1v) is 11.8. The fourth-order valence-corrected chi connectivity index (χ4v) is 4.57. The van der Waals surface area contributed by atoms with Crippen LogP contribution in [0.15, 0.2) is 48.5 Å². The molecule has 2 fully saturated rings. The maximum Gasteiger partial charge on any atom is 0.257 e. The van der Waals surface area contributed by atoms with Crippen molar-refractivity contribution in [2.24, 2.45) is 0 Å². The molecule has 0 unspecified atom stereocenters. The molecule has 2 aliphatic heterocycles. The molecule has 0 saturated carbocycles. The van der Waals surface area contributed by atoms with Crippen LogP contribution in [0.1, 0.15) is 35.2 Å². The summed E-state index contributed by atoms with van der Waals surface area (Å²) in [6.45, 7) is 0.621. The summed E-state index contributed by atoms with van der Waals surface area (Å²) in [6.07, 6.45) is -0.410. The number of β-amino-alcohol motifs (C(OH)–C–C–N with tert-alkyl or cyclic N) is 1. The average Bonchev–Trinajstić information content (AvgIpc) is 2.81. The molecule has 2 aliphatic rings. The van der Waals surface area contributed by atoms with Crippen molar-refractivity contribution in [3.8, 4) is 0 Å². The highest BCUT2D eigenvalue weighted by atomic mass is 35.5. The van der Waals surface area contributed by atoms with Gasteiger partial charge in [0.05, 0.1) is 43.4 Å². The van der Waals surface area contributed by atoms with Crippen molar-refractivity contribution in [2.45, 2.75) is 50.2 Å². The quantitative estimate of drug-likeness (QED) is 0.673. The largest absolute Gasteiger partial charge is 0.389 e. The Morgan fingerprint density at radius 3 is 2.65 bits per heavy atom. The van der Waals surface area contributed by atoms with E-state index in [0.29, 0.717) is 24.4 Å². The molecule has 0 radical (unpaired) electrons. The Balaban J connectivity index is 1.39. The first-order valence-electron chi connectivity index (χ1n) is 11.4. The SMILES string of the molecule is O=C(C[C@@H]1CC[C@@H]2[C@H](COC[C@@H](O)CN2C(=O)c2ccccc2F)O1)NCc1ccc(Cl)cc1. The monoisotopic (exact) mass is 490 g/mol. The van der Waals surface area contributed by atoms with Gasteiger partial charge in [0.25, 0.3) is 5.91 Å². The Bertz CT molecular complexity index is 1010. The van der Waals surface area contributed by atoms with Crippen molar-refractivity contribution in [3.05, 3.63) is 70.5 Å². The molecule has 0 aliphatic carbocycles. The summed E-state index contributed by atoms with van der Waals surface area (Å²) in [5, 5.41) is 13.8. The maximum atomic E-state index is 14.3. The third kappa shape index (κ3) is 6.13. The van der Waals surface area contributed by atoms with E-state index in [0.717, 1.165) is 5.56 Å². The number of ether oxygens (including phenoxy) is 2. The second kappa shape index (κ2) is 11.3. The van der Waals surface area contributed by atoms with E-state index in [2.05, 4.69) is 5.32 Å². The molecule has 4 atom stereocenters. The van der Waals surface area contributed by atoms with Gasteiger partial charge in [0.15, 0.2) is 0 Å². The lowest BCUT2D eigenvalue weighted by Crippen LogP contribution is -2.57. The number of hydrogen-bond acceptors (Lipinski definition) is 5. The van der Waals surface area contributed by atoms with Crippen LogP contribution in [0.4, 0.5) is 4.39 Å². The predicted octanol–water partition coefficient (Wildman–Crippen LogP) is 2.94. The number of carbonyl (C=O) groups is 2. The van der Waals surface area contributed by atoms with Gasteiger partial charge in [-0.15, -0.1) is 0 Å². The Morgan fingerprint density at radius 2 is 1.88 bits per heavy atom. The number of amides is 2. The lowest BCUT2D eigenvalue weighted by Gasteiger charge is -2.44. The van der Waals surface area contributed by atoms with Gasteiger partial charge >= 0.3 is 0 Å². The molecule has 4 rings (SSSR count). The van der Waals surface area contributed by atoms with Crippen molar-refractivity contribution in [3.63, 3.8) is 0 Å². The number of halogens is 2. The molecule has 2 saturated heterocycles. The highest BCUT2D eigenvalue weighted by Crippen LogP contribution is 2.29. The van der Waals surface area contributed by atoms with Gasteiger partial charge in [-0.2, -0.15) is 0 Å². The van der Waals surface area contributed by atoms with Crippen LogP contribution in [0.3, 0.4) is 0 Å². The minimum atomic E-state index is -0.881. The molecule has 0 spiro atoms. The summed E-state index contributed by atoms with van der Waals surface area (Å²) < 4.78 is 26.1. The lowest BCUT2D eigenvalue weighted by atomic mass is 9.94. The summed E-state index contributed by atoms with van der Waals surface area (Å²) in [4.78, 5) is 27.2. The second-order valence-corrected chi connectivity index (χ2v) is 9.11. The van der Waals surface area contributed by atoms with Gasteiger partial charge in [-0.05, 0) is 42.7 Å². The number of rotatable bonds is 5. The van der Waals surface area contributed by atoms with Gasteiger partial charge in [0.1, 0.15) is 11.9 Å². The van der Waals surface area contributed by atoms with Gasteiger partial charge in [-0.3, -0.25) is 9.59 Å². The molecule has 2 N–H and O–H groups in total. The minimum absolute atomic E-state index is 0.0178. The number of nitrogens with zero attached hydrogens (tertiary/aromatic N) is 1. The Morgan fingerprint density at radius 1 is 1.12 bits per heavy atom. The predicted molar refractivity (Wildman–Crippen MR) is 124 cm³/mol. The van der Waals surface area contributed by atoms with E-state index < -0.39 is 30.0 Å². The first-order chi connectivity index (χ1) is 16.4. The van der Waals surface area contributed by atoms with E-state index in [4.69, 9.17) is 21.1 Å². The van der Waals surface area contributed by atoms with E-state index in [1.54, 1.807) is 18.2 Å². The van der Waals surface area contributed by atoms with E-state index in [-0.39, 0.29) is 43.8 Å². The smallest absolute Gasteiger partial charge is 0.257 e. The summed E-state index contributed by atoms with van der Waals surface area (Å²) in [6, 6.07) is 12.7. The number of aliphatic hydroxyl groups excluding tert-OH is 1. The molecule has 2 aromatic rings. The fourth-order valence-electron chi connectivity index (χ4n) is 4.45. The lowest BCUT2D eigenvalue weighted by molar-refractivity contribution is -0.151. The summed E-state index contributed by atoms with van der Waals surface area (Å²) in [5.41, 5.74) is 0.898. The van der Waals surface area contributed by atoms with Crippen LogP contribution < -0.4 is 5.32 Å². The van der Waals surface area contributed by atoms with Gasteiger partial charge in [0.2, 0.25) is 5.91 Å². The van der Waals surface area contributed by atoms with Crippen LogP contribution in [-0.4, -0.2) is 65.9 Å².